The molecule has 0 atom stereocenters. The molecule has 0 aliphatic rings. The number of carbonyl (C=O) groups is 1. The van der Waals surface area contributed by atoms with E-state index in [1.54, 1.807) is 18.2 Å². The number of amides is 1. The Kier molecular flexibility index (Phi) is 5.77. The first-order valence-corrected chi connectivity index (χ1v) is 9.13. The van der Waals surface area contributed by atoms with Crippen molar-refractivity contribution in [3.63, 3.8) is 0 Å². The molecule has 3 aromatic rings. The molecular formula is C22H21ClN2O2. The molecule has 1 heterocycles. The molecule has 0 bridgehead atoms. The number of benzene rings is 2. The van der Waals surface area contributed by atoms with Gasteiger partial charge in [-0.1, -0.05) is 43.6 Å². The predicted octanol–water partition coefficient (Wildman–Crippen LogP) is 6.21. The molecule has 0 aliphatic carbocycles. The number of carbonyl (C=O) groups excluding carboxylic acids is 1. The normalized spacial score (nSPS) is 10.7. The number of halogens is 1. The number of aromatic nitrogens is 1. The number of hydrogen-bond acceptors (Lipinski definition) is 3. The lowest BCUT2D eigenvalue weighted by molar-refractivity contribution is 0.102. The molecule has 4 nitrogen and oxygen atoms in total. The van der Waals surface area contributed by atoms with Gasteiger partial charge < -0.3 is 10.1 Å². The fraction of sp³-hybridized carbons (Fsp3) is 0.182. The summed E-state index contributed by atoms with van der Waals surface area (Å²) in [6.07, 6.45) is 0. The molecule has 1 aromatic heterocycles. The number of hydrogen-bond donors (Lipinski definition) is 1. The first kappa shape index (κ1) is 18.9. The summed E-state index contributed by atoms with van der Waals surface area (Å²) in [5.41, 5.74) is 2.87. The molecule has 0 saturated heterocycles. The van der Waals surface area contributed by atoms with Gasteiger partial charge in [-0.25, -0.2) is 0 Å². The van der Waals surface area contributed by atoms with E-state index in [0.29, 0.717) is 39.4 Å². The molecule has 27 heavy (non-hydrogen) atoms. The molecule has 0 saturated carbocycles. The van der Waals surface area contributed by atoms with Crippen molar-refractivity contribution >= 4 is 23.2 Å². The summed E-state index contributed by atoms with van der Waals surface area (Å²) in [6.45, 7) is 6.00. The first-order valence-electron chi connectivity index (χ1n) is 8.75. The molecule has 0 fully saturated rings. The second-order valence-corrected chi connectivity index (χ2v) is 6.95. The maximum Gasteiger partial charge on any atom is 0.257 e. The van der Waals surface area contributed by atoms with E-state index >= 15 is 0 Å². The van der Waals surface area contributed by atoms with Crippen LogP contribution in [-0.4, -0.2) is 10.9 Å². The van der Waals surface area contributed by atoms with Crippen molar-refractivity contribution in [3.05, 3.63) is 82.6 Å². The van der Waals surface area contributed by atoms with E-state index in [1.807, 2.05) is 49.4 Å². The second kappa shape index (κ2) is 8.23. The van der Waals surface area contributed by atoms with Gasteiger partial charge in [0, 0.05) is 17.4 Å². The highest BCUT2D eigenvalue weighted by Gasteiger charge is 2.13. The van der Waals surface area contributed by atoms with E-state index < -0.39 is 0 Å². The molecule has 0 radical (unpaired) electrons. The van der Waals surface area contributed by atoms with E-state index in [9.17, 15) is 4.79 Å². The molecule has 3 rings (SSSR count). The van der Waals surface area contributed by atoms with Gasteiger partial charge in [-0.2, -0.15) is 0 Å². The lowest BCUT2D eigenvalue weighted by Crippen LogP contribution is -2.14. The quantitative estimate of drug-likeness (QED) is 0.572. The number of ether oxygens (including phenoxy) is 1. The fourth-order valence-electron chi connectivity index (χ4n) is 2.63. The van der Waals surface area contributed by atoms with E-state index in [4.69, 9.17) is 16.3 Å². The molecule has 0 aliphatic heterocycles. The minimum Gasteiger partial charge on any atom is -0.456 e. The van der Waals surface area contributed by atoms with Crippen molar-refractivity contribution in [2.24, 2.45) is 0 Å². The van der Waals surface area contributed by atoms with Crippen LogP contribution in [-0.2, 0) is 0 Å². The Labute approximate surface area is 164 Å². The largest absolute Gasteiger partial charge is 0.456 e. The standard InChI is InChI=1S/C22H21ClN2O2/c1-14(2)20-12-11-18(15(3)24-20)22(26)25-16-7-6-8-17(13-16)27-21-10-5-4-9-19(21)23/h4-14H,1-3H3,(H,25,26). The van der Waals surface area contributed by atoms with Crippen LogP contribution in [0.1, 0.15) is 41.5 Å². The number of pyridine rings is 1. The molecule has 5 heteroatoms. The Balaban J connectivity index is 1.76. The van der Waals surface area contributed by atoms with Crippen LogP contribution in [0.4, 0.5) is 5.69 Å². The molecule has 0 unspecified atom stereocenters. The van der Waals surface area contributed by atoms with Crippen molar-refractivity contribution in [2.75, 3.05) is 5.32 Å². The van der Waals surface area contributed by atoms with Gasteiger partial charge in [0.05, 0.1) is 16.3 Å². The smallest absolute Gasteiger partial charge is 0.257 e. The molecule has 2 aromatic carbocycles. The van der Waals surface area contributed by atoms with Crippen molar-refractivity contribution in [3.8, 4) is 11.5 Å². The Morgan fingerprint density at radius 2 is 1.85 bits per heavy atom. The SMILES string of the molecule is Cc1nc(C(C)C)ccc1C(=O)Nc1cccc(Oc2ccccc2Cl)c1. The lowest BCUT2D eigenvalue weighted by atomic mass is 10.1. The maximum atomic E-state index is 12.6. The second-order valence-electron chi connectivity index (χ2n) is 6.54. The van der Waals surface area contributed by atoms with Crippen LogP contribution in [0.5, 0.6) is 11.5 Å². The highest BCUT2D eigenvalue weighted by molar-refractivity contribution is 6.32. The number of aryl methyl sites for hydroxylation is 1. The fourth-order valence-corrected chi connectivity index (χ4v) is 2.81. The number of nitrogens with one attached hydrogen (secondary N) is 1. The van der Waals surface area contributed by atoms with Gasteiger partial charge >= 0.3 is 0 Å². The number of rotatable bonds is 5. The Hall–Kier alpha value is -2.85. The summed E-state index contributed by atoms with van der Waals surface area (Å²) in [7, 11) is 0. The van der Waals surface area contributed by atoms with Gasteiger partial charge in [0.2, 0.25) is 0 Å². The van der Waals surface area contributed by atoms with E-state index in [1.165, 1.54) is 0 Å². The zero-order valence-electron chi connectivity index (χ0n) is 15.5. The van der Waals surface area contributed by atoms with Crippen LogP contribution in [0, 0.1) is 6.92 Å². The monoisotopic (exact) mass is 380 g/mol. The van der Waals surface area contributed by atoms with Gasteiger partial charge in [0.25, 0.3) is 5.91 Å². The summed E-state index contributed by atoms with van der Waals surface area (Å²) in [4.78, 5) is 17.1. The highest BCUT2D eigenvalue weighted by atomic mass is 35.5. The van der Waals surface area contributed by atoms with Gasteiger partial charge in [-0.3, -0.25) is 9.78 Å². The van der Waals surface area contributed by atoms with Crippen LogP contribution in [0.25, 0.3) is 0 Å². The summed E-state index contributed by atoms with van der Waals surface area (Å²) >= 11 is 6.13. The van der Waals surface area contributed by atoms with E-state index in [0.717, 1.165) is 5.69 Å². The van der Waals surface area contributed by atoms with Gasteiger partial charge in [-0.15, -0.1) is 0 Å². The van der Waals surface area contributed by atoms with Crippen LogP contribution in [0.2, 0.25) is 5.02 Å². The molecule has 1 amide bonds. The average Bonchev–Trinajstić information content (AvgIpc) is 2.63. The number of para-hydroxylation sites is 1. The molecule has 1 N–H and O–H groups in total. The minimum atomic E-state index is -0.204. The maximum absolute atomic E-state index is 12.6. The first-order chi connectivity index (χ1) is 12.9. The van der Waals surface area contributed by atoms with Crippen molar-refractivity contribution in [1.29, 1.82) is 0 Å². The summed E-state index contributed by atoms with van der Waals surface area (Å²) in [5.74, 6) is 1.27. The highest BCUT2D eigenvalue weighted by Crippen LogP contribution is 2.30. The Morgan fingerprint density at radius 3 is 2.56 bits per heavy atom. The van der Waals surface area contributed by atoms with Crippen LogP contribution in [0.3, 0.4) is 0 Å². The zero-order valence-corrected chi connectivity index (χ0v) is 16.2. The Morgan fingerprint density at radius 1 is 1.07 bits per heavy atom. The van der Waals surface area contributed by atoms with Gasteiger partial charge in [0.1, 0.15) is 11.5 Å². The zero-order chi connectivity index (χ0) is 19.4. The topological polar surface area (TPSA) is 51.2 Å². The molecular weight excluding hydrogens is 360 g/mol. The van der Waals surface area contributed by atoms with Crippen molar-refractivity contribution < 1.29 is 9.53 Å². The number of nitrogens with zero attached hydrogens (tertiary/aromatic N) is 1. The summed E-state index contributed by atoms with van der Waals surface area (Å²) < 4.78 is 5.81. The van der Waals surface area contributed by atoms with Gasteiger partial charge in [-0.05, 0) is 49.2 Å². The Bertz CT molecular complexity index is 970. The summed E-state index contributed by atoms with van der Waals surface area (Å²) in [6, 6.07) is 18.1. The van der Waals surface area contributed by atoms with Crippen LogP contribution >= 0.6 is 11.6 Å². The van der Waals surface area contributed by atoms with E-state index in [2.05, 4.69) is 24.1 Å². The third-order valence-electron chi connectivity index (χ3n) is 4.10. The average molecular weight is 381 g/mol. The molecule has 0 spiro atoms. The minimum absolute atomic E-state index is 0.204. The third-order valence-corrected chi connectivity index (χ3v) is 4.41. The van der Waals surface area contributed by atoms with Gasteiger partial charge in [0.15, 0.2) is 0 Å². The lowest BCUT2D eigenvalue weighted by Gasteiger charge is -2.12. The predicted molar refractivity (Wildman–Crippen MR) is 109 cm³/mol. The van der Waals surface area contributed by atoms with Crippen LogP contribution < -0.4 is 10.1 Å². The van der Waals surface area contributed by atoms with Crippen molar-refractivity contribution in [2.45, 2.75) is 26.7 Å². The third kappa shape index (κ3) is 4.66. The summed E-state index contributed by atoms with van der Waals surface area (Å²) in [5, 5.41) is 3.42. The van der Waals surface area contributed by atoms with E-state index in [-0.39, 0.29) is 5.91 Å². The van der Waals surface area contributed by atoms with Crippen molar-refractivity contribution in [1.82, 2.24) is 4.98 Å². The number of anilines is 1. The van der Waals surface area contributed by atoms with Crippen LogP contribution in [0.15, 0.2) is 60.7 Å². The molecule has 138 valence electrons.